The number of hydrogen-bond acceptors (Lipinski definition) is 5. The Morgan fingerprint density at radius 3 is 2.58 bits per heavy atom. The number of nitrogens with one attached hydrogen (secondary N) is 1. The molecule has 26 heavy (non-hydrogen) atoms. The van der Waals surface area contributed by atoms with Crippen molar-refractivity contribution in [3.05, 3.63) is 77.4 Å². The number of aromatic amines is 1. The fourth-order valence-corrected chi connectivity index (χ4v) is 4.13. The number of H-pyrrole nitrogens is 1. The molecule has 0 aliphatic heterocycles. The second-order valence-electron chi connectivity index (χ2n) is 6.23. The maximum absolute atomic E-state index is 11.2. The van der Waals surface area contributed by atoms with E-state index >= 15 is 0 Å². The Morgan fingerprint density at radius 2 is 1.85 bits per heavy atom. The number of benzene rings is 1. The van der Waals surface area contributed by atoms with E-state index in [-0.39, 0.29) is 0 Å². The molecule has 3 heterocycles. The van der Waals surface area contributed by atoms with Gasteiger partial charge in [-0.3, -0.25) is 10.1 Å². The zero-order chi connectivity index (χ0) is 18.1. The number of rotatable bonds is 4. The number of nitrogens with zero attached hydrogens (tertiary/aromatic N) is 3. The lowest BCUT2D eigenvalue weighted by molar-refractivity contribution is 0.220. The highest BCUT2D eigenvalue weighted by molar-refractivity contribution is 7.19. The lowest BCUT2D eigenvalue weighted by Crippen LogP contribution is -2.03. The predicted molar refractivity (Wildman–Crippen MR) is 103 cm³/mol. The van der Waals surface area contributed by atoms with E-state index in [9.17, 15) is 5.11 Å². The van der Waals surface area contributed by atoms with Gasteiger partial charge in [0.05, 0.1) is 4.88 Å². The Hall–Kier alpha value is -2.83. The van der Waals surface area contributed by atoms with E-state index in [1.165, 1.54) is 6.33 Å². The molecule has 0 fully saturated rings. The number of aliphatic hydroxyl groups excluding tert-OH is 1. The van der Waals surface area contributed by atoms with Crippen LogP contribution in [0.3, 0.4) is 0 Å². The van der Waals surface area contributed by atoms with Crippen LogP contribution in [-0.4, -0.2) is 25.3 Å². The van der Waals surface area contributed by atoms with Gasteiger partial charge in [0.25, 0.3) is 0 Å². The van der Waals surface area contributed by atoms with Gasteiger partial charge in [0.2, 0.25) is 0 Å². The van der Waals surface area contributed by atoms with Crippen molar-refractivity contribution < 1.29 is 5.11 Å². The molecule has 1 aromatic carbocycles. The zero-order valence-corrected chi connectivity index (χ0v) is 15.3. The molecule has 0 amide bonds. The summed E-state index contributed by atoms with van der Waals surface area (Å²) < 4.78 is 0. The van der Waals surface area contributed by atoms with Gasteiger partial charge in [-0.25, -0.2) is 4.98 Å². The second-order valence-corrected chi connectivity index (χ2v) is 7.28. The third-order valence-electron chi connectivity index (χ3n) is 4.38. The van der Waals surface area contributed by atoms with E-state index in [1.807, 2.05) is 44.2 Å². The molecule has 3 aromatic heterocycles. The highest BCUT2D eigenvalue weighted by Crippen LogP contribution is 2.41. The van der Waals surface area contributed by atoms with E-state index in [0.29, 0.717) is 5.82 Å². The van der Waals surface area contributed by atoms with Crippen LogP contribution in [0.4, 0.5) is 0 Å². The molecule has 1 atom stereocenters. The summed E-state index contributed by atoms with van der Waals surface area (Å²) in [7, 11) is 0. The van der Waals surface area contributed by atoms with Crippen molar-refractivity contribution >= 4 is 11.3 Å². The largest absolute Gasteiger partial charge is 0.384 e. The van der Waals surface area contributed by atoms with Crippen molar-refractivity contribution in [1.82, 2.24) is 20.2 Å². The number of hydrogen-bond donors (Lipinski definition) is 2. The van der Waals surface area contributed by atoms with Crippen molar-refractivity contribution in [3.8, 4) is 21.1 Å². The lowest BCUT2D eigenvalue weighted by Gasteiger charge is -2.15. The first-order valence-corrected chi connectivity index (χ1v) is 9.10. The number of thiophene rings is 1. The topological polar surface area (TPSA) is 74.7 Å². The van der Waals surface area contributed by atoms with E-state index in [4.69, 9.17) is 0 Å². The maximum atomic E-state index is 11.2. The molecule has 5 nitrogen and oxygen atoms in total. The molecular formula is C20H18N4OS. The van der Waals surface area contributed by atoms with Crippen molar-refractivity contribution in [1.29, 1.82) is 0 Å². The third kappa shape index (κ3) is 3.05. The van der Waals surface area contributed by atoms with Crippen LogP contribution in [0.15, 0.2) is 55.1 Å². The fraction of sp³-hybridized carbons (Fsp3) is 0.150. The molecule has 0 saturated carbocycles. The summed E-state index contributed by atoms with van der Waals surface area (Å²) in [5.74, 6) is 0.662. The minimum Gasteiger partial charge on any atom is -0.384 e. The molecule has 4 aromatic rings. The first-order chi connectivity index (χ1) is 12.6. The predicted octanol–water partition coefficient (Wildman–Crippen LogP) is 4.29. The average Bonchev–Trinajstić information content (AvgIpc) is 3.33. The van der Waals surface area contributed by atoms with Gasteiger partial charge in [0, 0.05) is 22.8 Å². The third-order valence-corrected chi connectivity index (χ3v) is 5.59. The molecule has 0 bridgehead atoms. The molecule has 0 spiro atoms. The van der Waals surface area contributed by atoms with Crippen LogP contribution in [0.2, 0.25) is 0 Å². The summed E-state index contributed by atoms with van der Waals surface area (Å²) in [6.07, 6.45) is 4.28. The van der Waals surface area contributed by atoms with Crippen molar-refractivity contribution in [2.24, 2.45) is 0 Å². The van der Waals surface area contributed by atoms with Crippen LogP contribution in [0.1, 0.15) is 28.4 Å². The van der Waals surface area contributed by atoms with Gasteiger partial charge in [-0.1, -0.05) is 23.8 Å². The molecular weight excluding hydrogens is 344 g/mol. The number of pyridine rings is 1. The molecule has 1 unspecified atom stereocenters. The SMILES string of the molecule is Cc1ccc(C)c(C(O)c2cc(-c3ccncc3)sc2-c2ncn[nH]2)c1. The van der Waals surface area contributed by atoms with Crippen LogP contribution in [0.25, 0.3) is 21.1 Å². The molecule has 0 radical (unpaired) electrons. The minimum atomic E-state index is -0.734. The molecule has 6 heteroatoms. The highest BCUT2D eigenvalue weighted by atomic mass is 32.1. The average molecular weight is 362 g/mol. The van der Waals surface area contributed by atoms with Gasteiger partial charge in [0.1, 0.15) is 12.4 Å². The Balaban J connectivity index is 1.86. The monoisotopic (exact) mass is 362 g/mol. The van der Waals surface area contributed by atoms with Gasteiger partial charge in [-0.05, 0) is 48.7 Å². The molecule has 0 aliphatic carbocycles. The Morgan fingerprint density at radius 1 is 1.04 bits per heavy atom. The number of aryl methyl sites for hydroxylation is 2. The van der Waals surface area contributed by atoms with Crippen LogP contribution < -0.4 is 0 Å². The summed E-state index contributed by atoms with van der Waals surface area (Å²) in [4.78, 5) is 10.3. The Bertz CT molecular complexity index is 1030. The second kappa shape index (κ2) is 6.82. The quantitative estimate of drug-likeness (QED) is 0.568. The van der Waals surface area contributed by atoms with Gasteiger partial charge in [-0.15, -0.1) is 11.3 Å². The fourth-order valence-electron chi connectivity index (χ4n) is 2.99. The van der Waals surface area contributed by atoms with E-state index in [1.54, 1.807) is 23.7 Å². The lowest BCUT2D eigenvalue weighted by atomic mass is 9.95. The standard InChI is InChI=1S/C20H18N4OS/c1-12-3-4-13(2)15(9-12)18(25)16-10-17(14-5-7-21-8-6-14)26-19(16)20-22-11-23-24-20/h3-11,18,25H,1-2H3,(H,22,23,24). The first kappa shape index (κ1) is 16.6. The summed E-state index contributed by atoms with van der Waals surface area (Å²) in [6.45, 7) is 4.05. The number of aliphatic hydroxyl groups is 1. The Kier molecular flexibility index (Phi) is 4.36. The Labute approximate surface area is 155 Å². The molecule has 0 saturated heterocycles. The molecule has 4 rings (SSSR count). The van der Waals surface area contributed by atoms with Crippen LogP contribution in [0.5, 0.6) is 0 Å². The zero-order valence-electron chi connectivity index (χ0n) is 14.5. The van der Waals surface area contributed by atoms with Crippen molar-refractivity contribution in [2.75, 3.05) is 0 Å². The smallest absolute Gasteiger partial charge is 0.165 e. The first-order valence-electron chi connectivity index (χ1n) is 8.28. The summed E-state index contributed by atoms with van der Waals surface area (Å²) in [6, 6.07) is 12.1. The molecule has 2 N–H and O–H groups in total. The van der Waals surface area contributed by atoms with Gasteiger partial charge in [-0.2, -0.15) is 5.10 Å². The van der Waals surface area contributed by atoms with Gasteiger partial charge >= 0.3 is 0 Å². The van der Waals surface area contributed by atoms with Crippen LogP contribution >= 0.6 is 11.3 Å². The summed E-state index contributed by atoms with van der Waals surface area (Å²) >= 11 is 1.58. The van der Waals surface area contributed by atoms with Crippen molar-refractivity contribution in [2.45, 2.75) is 20.0 Å². The normalized spacial score (nSPS) is 12.3. The number of aromatic nitrogens is 4. The van der Waals surface area contributed by atoms with E-state index in [2.05, 4.69) is 26.2 Å². The van der Waals surface area contributed by atoms with E-state index in [0.717, 1.165) is 37.6 Å². The summed E-state index contributed by atoms with van der Waals surface area (Å²) in [5, 5.41) is 18.1. The maximum Gasteiger partial charge on any atom is 0.165 e. The van der Waals surface area contributed by atoms with Crippen molar-refractivity contribution in [3.63, 3.8) is 0 Å². The van der Waals surface area contributed by atoms with Gasteiger partial charge < -0.3 is 5.11 Å². The summed E-state index contributed by atoms with van der Waals surface area (Å²) in [5.41, 5.74) is 4.97. The van der Waals surface area contributed by atoms with Crippen LogP contribution in [-0.2, 0) is 0 Å². The minimum absolute atomic E-state index is 0.662. The highest BCUT2D eigenvalue weighted by Gasteiger charge is 2.22. The van der Waals surface area contributed by atoms with E-state index < -0.39 is 6.10 Å². The van der Waals surface area contributed by atoms with Gasteiger partial charge in [0.15, 0.2) is 5.82 Å². The molecule has 0 aliphatic rings. The van der Waals surface area contributed by atoms with Crippen LogP contribution in [0, 0.1) is 13.8 Å². The molecule has 130 valence electrons.